The number of nitrogens with one attached hydrogen (secondary N) is 1. The van der Waals surface area contributed by atoms with Gasteiger partial charge in [0.1, 0.15) is 0 Å². The molecule has 0 unspecified atom stereocenters. The lowest BCUT2D eigenvalue weighted by molar-refractivity contribution is -0.122. The van der Waals surface area contributed by atoms with Gasteiger partial charge >= 0.3 is 0 Å². The van der Waals surface area contributed by atoms with Crippen molar-refractivity contribution in [2.75, 3.05) is 6.54 Å². The van der Waals surface area contributed by atoms with Gasteiger partial charge in [0.15, 0.2) is 0 Å². The molecule has 4 heteroatoms. The van der Waals surface area contributed by atoms with E-state index >= 15 is 0 Å². The number of benzene rings is 1. The van der Waals surface area contributed by atoms with E-state index in [1.165, 1.54) is 11.1 Å². The predicted molar refractivity (Wildman–Crippen MR) is 78.1 cm³/mol. The van der Waals surface area contributed by atoms with Gasteiger partial charge in [-0.05, 0) is 25.0 Å². The molecule has 18 heavy (non-hydrogen) atoms. The van der Waals surface area contributed by atoms with Crippen molar-refractivity contribution in [1.29, 1.82) is 0 Å². The van der Waals surface area contributed by atoms with Crippen LogP contribution in [0.4, 0.5) is 0 Å². The van der Waals surface area contributed by atoms with Gasteiger partial charge in [-0.15, -0.1) is 12.4 Å². The Morgan fingerprint density at radius 1 is 1.39 bits per heavy atom. The van der Waals surface area contributed by atoms with Gasteiger partial charge in [-0.1, -0.05) is 38.1 Å². The molecule has 1 amide bonds. The molecular formula is C14H23ClN2O. The summed E-state index contributed by atoms with van der Waals surface area (Å²) in [4.78, 5) is 11.5. The Hall–Kier alpha value is -1.06. The van der Waals surface area contributed by atoms with E-state index in [-0.39, 0.29) is 23.7 Å². The summed E-state index contributed by atoms with van der Waals surface area (Å²) in [6.07, 6.45) is 0. The molecule has 0 fully saturated rings. The molecule has 0 bridgehead atoms. The Kier molecular flexibility index (Phi) is 6.36. The van der Waals surface area contributed by atoms with E-state index in [2.05, 4.69) is 38.2 Å². The minimum atomic E-state index is -0.456. The standard InChI is InChI=1S/C14H22N2O.ClH/c1-10-7-5-6-8-12(10)14(3,4)9-16-13(17)11(2)15;/h5-8,11H,9,15H2,1-4H3,(H,16,17);1H/t11-;/m0./s1. The maximum atomic E-state index is 11.5. The largest absolute Gasteiger partial charge is 0.354 e. The van der Waals surface area contributed by atoms with Crippen molar-refractivity contribution in [2.45, 2.75) is 39.2 Å². The lowest BCUT2D eigenvalue weighted by atomic mass is 9.82. The molecular weight excluding hydrogens is 248 g/mol. The first-order valence-corrected chi connectivity index (χ1v) is 5.94. The van der Waals surface area contributed by atoms with Crippen LogP contribution in [0.3, 0.4) is 0 Å². The fourth-order valence-corrected chi connectivity index (χ4v) is 1.90. The summed E-state index contributed by atoms with van der Waals surface area (Å²) in [5, 5.41) is 2.88. The third-order valence-electron chi connectivity index (χ3n) is 2.99. The second kappa shape index (κ2) is 6.76. The van der Waals surface area contributed by atoms with Gasteiger partial charge in [-0.25, -0.2) is 0 Å². The van der Waals surface area contributed by atoms with E-state index in [1.807, 2.05) is 12.1 Å². The van der Waals surface area contributed by atoms with Crippen LogP contribution < -0.4 is 11.1 Å². The maximum absolute atomic E-state index is 11.5. The summed E-state index contributed by atoms with van der Waals surface area (Å²) in [5.74, 6) is -0.105. The summed E-state index contributed by atoms with van der Waals surface area (Å²) in [6, 6.07) is 7.78. The third kappa shape index (κ3) is 4.31. The van der Waals surface area contributed by atoms with Crippen LogP contribution in [0.5, 0.6) is 0 Å². The van der Waals surface area contributed by atoms with Gasteiger partial charge in [0.2, 0.25) is 5.91 Å². The molecule has 0 aromatic heterocycles. The Labute approximate surface area is 116 Å². The Morgan fingerprint density at radius 2 is 1.94 bits per heavy atom. The zero-order valence-electron chi connectivity index (χ0n) is 11.5. The molecule has 1 atom stereocenters. The van der Waals surface area contributed by atoms with E-state index < -0.39 is 6.04 Å². The summed E-state index contributed by atoms with van der Waals surface area (Å²) in [7, 11) is 0. The lowest BCUT2D eigenvalue weighted by Crippen LogP contribution is -2.44. The average Bonchev–Trinajstić information content (AvgIpc) is 2.26. The lowest BCUT2D eigenvalue weighted by Gasteiger charge is -2.27. The Morgan fingerprint density at radius 3 is 2.44 bits per heavy atom. The molecule has 3 nitrogen and oxygen atoms in total. The van der Waals surface area contributed by atoms with Crippen molar-refractivity contribution in [3.05, 3.63) is 35.4 Å². The molecule has 0 aliphatic carbocycles. The highest BCUT2D eigenvalue weighted by Gasteiger charge is 2.23. The molecule has 0 spiro atoms. The molecule has 0 aliphatic rings. The number of carbonyl (C=O) groups is 1. The molecule has 0 radical (unpaired) electrons. The van der Waals surface area contributed by atoms with Crippen LogP contribution in [0.2, 0.25) is 0 Å². The highest BCUT2D eigenvalue weighted by atomic mass is 35.5. The molecule has 0 aliphatic heterocycles. The van der Waals surface area contributed by atoms with Crippen LogP contribution in [-0.2, 0) is 10.2 Å². The van der Waals surface area contributed by atoms with Gasteiger partial charge < -0.3 is 11.1 Å². The first-order chi connectivity index (χ1) is 7.84. The zero-order chi connectivity index (χ0) is 13.1. The third-order valence-corrected chi connectivity index (χ3v) is 2.99. The predicted octanol–water partition coefficient (Wildman–Crippen LogP) is 2.16. The first kappa shape index (κ1) is 16.9. The van der Waals surface area contributed by atoms with E-state index in [9.17, 15) is 4.79 Å². The van der Waals surface area contributed by atoms with E-state index in [4.69, 9.17) is 5.73 Å². The number of nitrogens with two attached hydrogens (primary N) is 1. The SMILES string of the molecule is Cc1ccccc1C(C)(C)CNC(=O)[C@H](C)N.Cl. The van der Waals surface area contributed by atoms with Crippen molar-refractivity contribution in [2.24, 2.45) is 5.73 Å². The number of carbonyl (C=O) groups excluding carboxylic acids is 1. The van der Waals surface area contributed by atoms with Crippen molar-refractivity contribution in [3.63, 3.8) is 0 Å². The molecule has 0 heterocycles. The number of hydrogen-bond acceptors (Lipinski definition) is 2. The monoisotopic (exact) mass is 270 g/mol. The fraction of sp³-hybridized carbons (Fsp3) is 0.500. The maximum Gasteiger partial charge on any atom is 0.236 e. The second-order valence-corrected chi connectivity index (χ2v) is 5.21. The van der Waals surface area contributed by atoms with E-state index in [1.54, 1.807) is 6.92 Å². The van der Waals surface area contributed by atoms with Crippen LogP contribution in [0.1, 0.15) is 31.9 Å². The molecule has 1 aromatic carbocycles. The highest BCUT2D eigenvalue weighted by molar-refractivity contribution is 5.85. The number of halogens is 1. The minimum absolute atomic E-state index is 0. The highest BCUT2D eigenvalue weighted by Crippen LogP contribution is 2.25. The molecule has 3 N–H and O–H groups in total. The Bertz CT molecular complexity index is 403. The Balaban J connectivity index is 0.00000289. The number of amides is 1. The van der Waals surface area contributed by atoms with Crippen LogP contribution >= 0.6 is 12.4 Å². The quantitative estimate of drug-likeness (QED) is 0.881. The molecule has 1 aromatic rings. The van der Waals surface area contributed by atoms with E-state index in [0.29, 0.717) is 6.54 Å². The van der Waals surface area contributed by atoms with Crippen LogP contribution in [-0.4, -0.2) is 18.5 Å². The number of aryl methyl sites for hydroxylation is 1. The van der Waals surface area contributed by atoms with Crippen LogP contribution in [0, 0.1) is 6.92 Å². The van der Waals surface area contributed by atoms with Crippen molar-refractivity contribution >= 4 is 18.3 Å². The van der Waals surface area contributed by atoms with Crippen LogP contribution in [0.15, 0.2) is 24.3 Å². The first-order valence-electron chi connectivity index (χ1n) is 5.94. The summed E-state index contributed by atoms with van der Waals surface area (Å²) in [5.41, 5.74) is 7.93. The van der Waals surface area contributed by atoms with Gasteiger partial charge in [0.05, 0.1) is 6.04 Å². The van der Waals surface area contributed by atoms with E-state index in [0.717, 1.165) is 0 Å². The molecule has 0 saturated heterocycles. The summed E-state index contributed by atoms with van der Waals surface area (Å²) >= 11 is 0. The summed E-state index contributed by atoms with van der Waals surface area (Å²) in [6.45, 7) is 8.62. The number of hydrogen-bond donors (Lipinski definition) is 2. The molecule has 0 saturated carbocycles. The average molecular weight is 271 g/mol. The zero-order valence-corrected chi connectivity index (χ0v) is 12.3. The van der Waals surface area contributed by atoms with Crippen LogP contribution in [0.25, 0.3) is 0 Å². The van der Waals surface area contributed by atoms with Crippen molar-refractivity contribution in [3.8, 4) is 0 Å². The van der Waals surface area contributed by atoms with Gasteiger partial charge in [0, 0.05) is 12.0 Å². The summed E-state index contributed by atoms with van der Waals surface area (Å²) < 4.78 is 0. The fourth-order valence-electron chi connectivity index (χ4n) is 1.90. The second-order valence-electron chi connectivity index (χ2n) is 5.21. The number of rotatable bonds is 4. The molecule has 102 valence electrons. The molecule has 1 rings (SSSR count). The smallest absolute Gasteiger partial charge is 0.236 e. The van der Waals surface area contributed by atoms with Gasteiger partial charge in [-0.2, -0.15) is 0 Å². The van der Waals surface area contributed by atoms with Crippen molar-refractivity contribution in [1.82, 2.24) is 5.32 Å². The van der Waals surface area contributed by atoms with Gasteiger partial charge in [-0.3, -0.25) is 4.79 Å². The minimum Gasteiger partial charge on any atom is -0.354 e. The van der Waals surface area contributed by atoms with Crippen molar-refractivity contribution < 1.29 is 4.79 Å². The normalized spacial score (nSPS) is 12.5. The topological polar surface area (TPSA) is 55.1 Å². The van der Waals surface area contributed by atoms with Gasteiger partial charge in [0.25, 0.3) is 0 Å².